The Morgan fingerprint density at radius 3 is 2.73 bits per heavy atom. The zero-order chi connectivity index (χ0) is 15.4. The van der Waals surface area contributed by atoms with Crippen LogP contribution < -0.4 is 11.1 Å². The van der Waals surface area contributed by atoms with Crippen molar-refractivity contribution in [3.63, 3.8) is 0 Å². The van der Waals surface area contributed by atoms with Crippen molar-refractivity contribution in [1.82, 2.24) is 25.1 Å². The average Bonchev–Trinajstić information content (AvgIpc) is 3.00. The molecule has 2 heterocycles. The van der Waals surface area contributed by atoms with Crippen LogP contribution in [0.1, 0.15) is 5.82 Å². The molecular formula is C12H10FN7S2. The highest BCUT2D eigenvalue weighted by Gasteiger charge is 2.07. The molecule has 22 heavy (non-hydrogen) atoms. The van der Waals surface area contributed by atoms with Crippen molar-refractivity contribution in [1.29, 1.82) is 0 Å². The number of benzene rings is 1. The van der Waals surface area contributed by atoms with Crippen LogP contribution in [0.3, 0.4) is 0 Å². The molecule has 0 aliphatic rings. The molecule has 0 amide bonds. The summed E-state index contributed by atoms with van der Waals surface area (Å²) in [5, 5.41) is 10.7. The van der Waals surface area contributed by atoms with Crippen molar-refractivity contribution in [3.05, 3.63) is 41.4 Å². The van der Waals surface area contributed by atoms with Gasteiger partial charge in [0.15, 0.2) is 4.34 Å². The van der Waals surface area contributed by atoms with Crippen LogP contribution in [-0.2, 0) is 5.75 Å². The fourth-order valence-electron chi connectivity index (χ4n) is 1.57. The number of nitrogens with zero attached hydrogens (tertiary/aromatic N) is 5. The van der Waals surface area contributed by atoms with Crippen LogP contribution in [0, 0.1) is 5.82 Å². The van der Waals surface area contributed by atoms with Crippen LogP contribution in [0.25, 0.3) is 0 Å². The van der Waals surface area contributed by atoms with Crippen LogP contribution in [0.5, 0.6) is 0 Å². The molecule has 3 aromatic rings. The quantitative estimate of drug-likeness (QED) is 0.686. The Hall–Kier alpha value is -2.33. The van der Waals surface area contributed by atoms with Crippen molar-refractivity contribution in [2.24, 2.45) is 0 Å². The fraction of sp³-hybridized carbons (Fsp3) is 0.0833. The third kappa shape index (κ3) is 3.86. The third-order valence-electron chi connectivity index (χ3n) is 2.46. The van der Waals surface area contributed by atoms with Crippen LogP contribution in [0.2, 0.25) is 0 Å². The summed E-state index contributed by atoms with van der Waals surface area (Å²) in [6.45, 7) is 0. The molecule has 3 N–H and O–H groups in total. The van der Waals surface area contributed by atoms with E-state index in [0.29, 0.717) is 23.2 Å². The maximum absolute atomic E-state index is 12.9. The summed E-state index contributed by atoms with van der Waals surface area (Å²) >= 11 is 2.91. The number of aromatic nitrogens is 5. The Morgan fingerprint density at radius 1 is 1.18 bits per heavy atom. The summed E-state index contributed by atoms with van der Waals surface area (Å²) in [5.74, 6) is 1.15. The monoisotopic (exact) mass is 335 g/mol. The van der Waals surface area contributed by atoms with Crippen LogP contribution in [-0.4, -0.2) is 25.1 Å². The lowest BCUT2D eigenvalue weighted by molar-refractivity contribution is 0.628. The first kappa shape index (κ1) is 14.6. The van der Waals surface area contributed by atoms with Crippen LogP contribution in [0.4, 0.5) is 22.0 Å². The van der Waals surface area contributed by atoms with Gasteiger partial charge in [-0.15, -0.1) is 10.2 Å². The molecule has 0 saturated heterocycles. The molecule has 0 fully saturated rings. The maximum atomic E-state index is 12.9. The van der Waals surface area contributed by atoms with Gasteiger partial charge in [0.2, 0.25) is 11.9 Å². The Bertz CT molecular complexity index is 749. The highest BCUT2D eigenvalue weighted by Crippen LogP contribution is 2.23. The minimum absolute atomic E-state index is 0.118. The number of anilines is 3. The first-order valence-electron chi connectivity index (χ1n) is 6.11. The summed E-state index contributed by atoms with van der Waals surface area (Å²) in [6.07, 6.45) is 0. The van der Waals surface area contributed by atoms with E-state index in [1.807, 2.05) is 0 Å². The van der Waals surface area contributed by atoms with Crippen molar-refractivity contribution in [3.8, 4) is 0 Å². The molecule has 10 heteroatoms. The molecule has 3 rings (SSSR count). The van der Waals surface area contributed by atoms with Gasteiger partial charge in [-0.25, -0.2) is 4.39 Å². The number of hydrogen-bond acceptors (Lipinski definition) is 9. The number of hydrogen-bond donors (Lipinski definition) is 2. The van der Waals surface area contributed by atoms with Crippen molar-refractivity contribution >= 4 is 40.7 Å². The predicted octanol–water partition coefficient (Wildman–Crippen LogP) is 2.48. The largest absolute Gasteiger partial charge is 0.368 e. The standard InChI is InChI=1S/C12H10FN7S2/c13-7-1-3-8(4-2-7)16-11-18-9(17-10(14)19-11)5-21-12-20-15-6-22-12/h1-4,6H,5H2,(H3,14,16,17,18,19). The van der Waals surface area contributed by atoms with Gasteiger partial charge in [0, 0.05) is 5.69 Å². The van der Waals surface area contributed by atoms with Crippen LogP contribution >= 0.6 is 23.1 Å². The molecule has 0 spiro atoms. The van der Waals surface area contributed by atoms with E-state index in [4.69, 9.17) is 5.73 Å². The second-order valence-electron chi connectivity index (χ2n) is 4.06. The summed E-state index contributed by atoms with van der Waals surface area (Å²) < 4.78 is 13.7. The molecule has 0 radical (unpaired) electrons. The van der Waals surface area contributed by atoms with Gasteiger partial charge in [0.25, 0.3) is 0 Å². The topological polar surface area (TPSA) is 102 Å². The lowest BCUT2D eigenvalue weighted by atomic mass is 10.3. The molecule has 112 valence electrons. The smallest absolute Gasteiger partial charge is 0.232 e. The minimum Gasteiger partial charge on any atom is -0.368 e. The van der Waals surface area contributed by atoms with Gasteiger partial charge in [-0.3, -0.25) is 0 Å². The zero-order valence-corrected chi connectivity index (χ0v) is 12.7. The van der Waals surface area contributed by atoms with E-state index in [9.17, 15) is 4.39 Å². The van der Waals surface area contributed by atoms with Gasteiger partial charge in [0.1, 0.15) is 17.2 Å². The summed E-state index contributed by atoms with van der Waals surface area (Å²) in [4.78, 5) is 12.4. The zero-order valence-electron chi connectivity index (χ0n) is 11.1. The van der Waals surface area contributed by atoms with Gasteiger partial charge in [0.05, 0.1) is 5.75 Å². The Kier molecular flexibility index (Phi) is 4.39. The summed E-state index contributed by atoms with van der Waals surface area (Å²) in [6, 6.07) is 5.87. The van der Waals surface area contributed by atoms with Gasteiger partial charge < -0.3 is 11.1 Å². The Morgan fingerprint density at radius 2 is 2.00 bits per heavy atom. The third-order valence-corrected chi connectivity index (χ3v) is 4.32. The van der Waals surface area contributed by atoms with Gasteiger partial charge in [-0.1, -0.05) is 23.1 Å². The summed E-state index contributed by atoms with van der Waals surface area (Å²) in [7, 11) is 0. The lowest BCUT2D eigenvalue weighted by Crippen LogP contribution is -2.06. The molecular weight excluding hydrogens is 325 g/mol. The van der Waals surface area contributed by atoms with E-state index in [-0.39, 0.29) is 11.8 Å². The van der Waals surface area contributed by atoms with Gasteiger partial charge in [-0.2, -0.15) is 15.0 Å². The number of nitrogen functional groups attached to an aromatic ring is 1. The van der Waals surface area contributed by atoms with E-state index in [2.05, 4.69) is 30.5 Å². The van der Waals surface area contributed by atoms with E-state index < -0.39 is 0 Å². The second kappa shape index (κ2) is 6.62. The number of rotatable bonds is 5. The van der Waals surface area contributed by atoms with Gasteiger partial charge >= 0.3 is 0 Å². The SMILES string of the molecule is Nc1nc(CSc2nncs2)nc(Nc2ccc(F)cc2)n1. The number of nitrogens with two attached hydrogens (primary N) is 1. The Balaban J connectivity index is 1.73. The highest BCUT2D eigenvalue weighted by atomic mass is 32.2. The lowest BCUT2D eigenvalue weighted by Gasteiger charge is -2.06. The molecule has 0 unspecified atom stereocenters. The van der Waals surface area contributed by atoms with Crippen molar-refractivity contribution < 1.29 is 4.39 Å². The normalized spacial score (nSPS) is 10.6. The van der Waals surface area contributed by atoms with E-state index in [0.717, 1.165) is 4.34 Å². The first-order valence-corrected chi connectivity index (χ1v) is 7.97. The van der Waals surface area contributed by atoms with Crippen molar-refractivity contribution in [2.45, 2.75) is 10.1 Å². The minimum atomic E-state index is -0.310. The molecule has 7 nitrogen and oxygen atoms in total. The molecule has 2 aromatic heterocycles. The fourth-order valence-corrected chi connectivity index (χ4v) is 2.92. The van der Waals surface area contributed by atoms with Gasteiger partial charge in [-0.05, 0) is 24.3 Å². The molecule has 0 aliphatic carbocycles. The second-order valence-corrected chi connectivity index (χ2v) is 6.11. The van der Waals surface area contributed by atoms with Crippen LogP contribution in [0.15, 0.2) is 34.1 Å². The maximum Gasteiger partial charge on any atom is 0.232 e. The first-order chi connectivity index (χ1) is 10.7. The molecule has 0 aliphatic heterocycles. The number of thioether (sulfide) groups is 1. The van der Waals surface area contributed by atoms with E-state index in [1.54, 1.807) is 17.6 Å². The van der Waals surface area contributed by atoms with Crippen molar-refractivity contribution in [2.75, 3.05) is 11.1 Å². The molecule has 0 atom stereocenters. The highest BCUT2D eigenvalue weighted by molar-refractivity contribution is 8.00. The molecule has 1 aromatic carbocycles. The average molecular weight is 335 g/mol. The number of nitrogens with one attached hydrogen (secondary N) is 1. The van der Waals surface area contributed by atoms with E-state index in [1.165, 1.54) is 35.2 Å². The van der Waals surface area contributed by atoms with E-state index >= 15 is 0 Å². The summed E-state index contributed by atoms with van der Waals surface area (Å²) in [5.41, 5.74) is 8.01. The molecule has 0 saturated carbocycles. The Labute approximate surface area is 133 Å². The number of halogens is 1. The molecule has 0 bridgehead atoms. The predicted molar refractivity (Wildman–Crippen MR) is 83.4 cm³/mol.